The highest BCUT2D eigenvalue weighted by Gasteiger charge is 2.36. The van der Waals surface area contributed by atoms with Crippen molar-refractivity contribution in [1.82, 2.24) is 0 Å². The zero-order valence-electron chi connectivity index (χ0n) is 12.6. The Kier molecular flexibility index (Phi) is 2.95. The predicted octanol–water partition coefficient (Wildman–Crippen LogP) is 2.82. The number of hydrogen-bond donors (Lipinski definition) is 0. The Hall–Kier alpha value is -1.58. The first-order valence-corrected chi connectivity index (χ1v) is 7.60. The molecule has 106 valence electrons. The van der Waals surface area contributed by atoms with Gasteiger partial charge in [0.15, 0.2) is 0 Å². The molecule has 1 aliphatic carbocycles. The van der Waals surface area contributed by atoms with Crippen LogP contribution in [0.5, 0.6) is 0 Å². The summed E-state index contributed by atoms with van der Waals surface area (Å²) in [6, 6.07) is 15.2. The van der Waals surface area contributed by atoms with Gasteiger partial charge in [-0.3, -0.25) is 0 Å². The van der Waals surface area contributed by atoms with Crippen LogP contribution in [0.4, 0.5) is 0 Å². The molecule has 1 heterocycles. The summed E-state index contributed by atoms with van der Waals surface area (Å²) in [7, 11) is 0. The minimum atomic E-state index is -0.218. The van der Waals surface area contributed by atoms with E-state index in [2.05, 4.69) is 56.3 Å². The van der Waals surface area contributed by atoms with E-state index >= 15 is 0 Å². The molecule has 1 aliphatic heterocycles. The summed E-state index contributed by atoms with van der Waals surface area (Å²) < 4.78 is 12.0. The number of ether oxygens (including phenoxy) is 1. The van der Waals surface area contributed by atoms with E-state index < -0.39 is 0 Å². The molecular weight excluding hydrogens is 259 g/mol. The van der Waals surface area contributed by atoms with Crippen LogP contribution < -0.4 is 5.46 Å². The smallest absolute Gasteiger partial charge is 0.354 e. The van der Waals surface area contributed by atoms with Gasteiger partial charge >= 0.3 is 6.92 Å². The van der Waals surface area contributed by atoms with Crippen LogP contribution in [0.2, 0.25) is 0 Å². The minimum Gasteiger partial charge on any atom is -0.422 e. The third-order valence-corrected chi connectivity index (χ3v) is 4.38. The maximum atomic E-state index is 6.28. The van der Waals surface area contributed by atoms with Crippen LogP contribution in [-0.4, -0.2) is 25.6 Å². The summed E-state index contributed by atoms with van der Waals surface area (Å²) in [5, 5.41) is 0. The highest BCUT2D eigenvalue weighted by Crippen LogP contribution is 2.35. The summed E-state index contributed by atoms with van der Waals surface area (Å²) in [6.45, 7) is 5.51. The van der Waals surface area contributed by atoms with E-state index in [-0.39, 0.29) is 12.5 Å². The molecular formula is C18H19BO2. The second-order valence-electron chi connectivity index (χ2n) is 6.60. The molecule has 0 aromatic heterocycles. The molecule has 2 aliphatic rings. The zero-order chi connectivity index (χ0) is 14.4. The predicted molar refractivity (Wildman–Crippen MR) is 86.1 cm³/mol. The fourth-order valence-electron chi connectivity index (χ4n) is 3.51. The van der Waals surface area contributed by atoms with E-state index in [1.54, 1.807) is 0 Å². The second-order valence-corrected chi connectivity index (χ2v) is 6.60. The number of fused-ring (bicyclic) bond motifs is 3. The van der Waals surface area contributed by atoms with Crippen LogP contribution in [-0.2, 0) is 15.8 Å². The molecule has 0 bridgehead atoms. The molecule has 1 saturated heterocycles. The topological polar surface area (TPSA) is 18.5 Å². The molecule has 0 N–H and O–H groups in total. The van der Waals surface area contributed by atoms with Gasteiger partial charge < -0.3 is 9.39 Å². The summed E-state index contributed by atoms with van der Waals surface area (Å²) >= 11 is 0. The fraction of sp³-hybridized carbons (Fsp3) is 0.333. The first-order chi connectivity index (χ1) is 10.1. The number of hydrogen-bond acceptors (Lipinski definition) is 2. The van der Waals surface area contributed by atoms with Crippen molar-refractivity contribution in [2.24, 2.45) is 0 Å². The van der Waals surface area contributed by atoms with E-state index in [4.69, 9.17) is 9.39 Å². The van der Waals surface area contributed by atoms with Gasteiger partial charge in [-0.15, -0.1) is 0 Å². The fourth-order valence-corrected chi connectivity index (χ4v) is 3.51. The van der Waals surface area contributed by atoms with Crippen molar-refractivity contribution in [3.8, 4) is 11.1 Å². The molecule has 1 fully saturated rings. The van der Waals surface area contributed by atoms with E-state index in [0.717, 1.165) is 6.42 Å². The van der Waals surface area contributed by atoms with Crippen molar-refractivity contribution >= 4 is 12.4 Å². The largest absolute Gasteiger partial charge is 0.422 e. The van der Waals surface area contributed by atoms with Gasteiger partial charge in [0, 0.05) is 0 Å². The highest BCUT2D eigenvalue weighted by molar-refractivity contribution is 6.69. The molecule has 2 aromatic carbocycles. The molecule has 2 nitrogen and oxygen atoms in total. The van der Waals surface area contributed by atoms with Crippen molar-refractivity contribution in [2.75, 3.05) is 13.1 Å². The van der Waals surface area contributed by atoms with E-state index in [1.165, 1.54) is 27.7 Å². The van der Waals surface area contributed by atoms with E-state index in [9.17, 15) is 0 Å². The Labute approximate surface area is 126 Å². The monoisotopic (exact) mass is 278 g/mol. The van der Waals surface area contributed by atoms with Crippen molar-refractivity contribution in [1.29, 1.82) is 0 Å². The first-order valence-electron chi connectivity index (χ1n) is 7.60. The minimum absolute atomic E-state index is 0.0230. The SMILES string of the molecule is CC1(C)COCB(c2cccc3c2-c2ccccc2C3)O1. The normalized spacial score (nSPS) is 19.2. The van der Waals surface area contributed by atoms with Crippen molar-refractivity contribution in [3.05, 3.63) is 53.6 Å². The molecule has 21 heavy (non-hydrogen) atoms. The van der Waals surface area contributed by atoms with Crippen LogP contribution in [0.3, 0.4) is 0 Å². The van der Waals surface area contributed by atoms with Gasteiger partial charge in [0.05, 0.1) is 18.7 Å². The van der Waals surface area contributed by atoms with Gasteiger partial charge in [-0.25, -0.2) is 0 Å². The molecule has 2 aromatic rings. The molecule has 0 unspecified atom stereocenters. The number of rotatable bonds is 1. The van der Waals surface area contributed by atoms with Gasteiger partial charge in [0.2, 0.25) is 0 Å². The lowest BCUT2D eigenvalue weighted by Crippen LogP contribution is -2.52. The van der Waals surface area contributed by atoms with Crippen LogP contribution in [0.1, 0.15) is 25.0 Å². The third kappa shape index (κ3) is 2.21. The van der Waals surface area contributed by atoms with Crippen LogP contribution >= 0.6 is 0 Å². The number of benzene rings is 2. The van der Waals surface area contributed by atoms with Crippen LogP contribution in [0.25, 0.3) is 11.1 Å². The summed E-state index contributed by atoms with van der Waals surface area (Å²) in [4.78, 5) is 0. The first kappa shape index (κ1) is 13.1. The van der Waals surface area contributed by atoms with Crippen molar-refractivity contribution < 1.29 is 9.39 Å². The van der Waals surface area contributed by atoms with Crippen LogP contribution in [0.15, 0.2) is 42.5 Å². The van der Waals surface area contributed by atoms with Gasteiger partial charge in [0.25, 0.3) is 0 Å². The molecule has 0 radical (unpaired) electrons. The van der Waals surface area contributed by atoms with E-state index in [0.29, 0.717) is 13.1 Å². The van der Waals surface area contributed by atoms with Crippen molar-refractivity contribution in [3.63, 3.8) is 0 Å². The van der Waals surface area contributed by atoms with Gasteiger partial charge in [0.1, 0.15) is 0 Å². The molecule has 0 amide bonds. The molecule has 0 spiro atoms. The molecule has 4 rings (SSSR count). The van der Waals surface area contributed by atoms with Crippen LogP contribution in [0, 0.1) is 0 Å². The molecule has 0 saturated carbocycles. The Bertz CT molecular complexity index is 693. The lowest BCUT2D eigenvalue weighted by molar-refractivity contribution is -0.0272. The molecule has 0 atom stereocenters. The molecule has 3 heteroatoms. The Morgan fingerprint density at radius 3 is 2.67 bits per heavy atom. The lowest BCUT2D eigenvalue weighted by atomic mass is 9.58. The summed E-state index contributed by atoms with van der Waals surface area (Å²) in [5.41, 5.74) is 6.58. The lowest BCUT2D eigenvalue weighted by Gasteiger charge is -2.35. The Morgan fingerprint density at radius 2 is 1.81 bits per heavy atom. The van der Waals surface area contributed by atoms with Gasteiger partial charge in [-0.05, 0) is 48.0 Å². The van der Waals surface area contributed by atoms with Crippen molar-refractivity contribution in [2.45, 2.75) is 25.9 Å². The second kappa shape index (κ2) is 4.72. The van der Waals surface area contributed by atoms with Gasteiger partial charge in [-0.2, -0.15) is 0 Å². The average molecular weight is 278 g/mol. The standard InChI is InChI=1S/C18H19BO2/c1-18(2)11-20-12-19(21-18)16-9-5-7-14-10-13-6-3-4-8-15(13)17(14)16/h3-9H,10-12H2,1-2H3. The van der Waals surface area contributed by atoms with Gasteiger partial charge in [-0.1, -0.05) is 42.5 Å². The zero-order valence-corrected chi connectivity index (χ0v) is 12.6. The average Bonchev–Trinajstić information content (AvgIpc) is 2.84. The van der Waals surface area contributed by atoms with E-state index in [1.807, 2.05) is 0 Å². The Morgan fingerprint density at radius 1 is 1.00 bits per heavy atom. The maximum absolute atomic E-state index is 6.28. The third-order valence-electron chi connectivity index (χ3n) is 4.38. The summed E-state index contributed by atoms with van der Waals surface area (Å²) in [6.07, 6.45) is 1.02. The summed E-state index contributed by atoms with van der Waals surface area (Å²) in [5.74, 6) is 0. The maximum Gasteiger partial charge on any atom is 0.354 e. The Balaban J connectivity index is 1.81. The highest BCUT2D eigenvalue weighted by atomic mass is 16.6. The quantitative estimate of drug-likeness (QED) is 0.637.